The molecule has 0 unspecified atom stereocenters. The Balaban J connectivity index is 0.000000205. The van der Waals surface area contributed by atoms with Gasteiger partial charge < -0.3 is 58.6 Å². The minimum atomic E-state index is -2.23. The van der Waals surface area contributed by atoms with Gasteiger partial charge in [0, 0.05) is 65.7 Å². The van der Waals surface area contributed by atoms with Gasteiger partial charge in [0.05, 0.1) is 59.7 Å². The number of hydrogen-bond donors (Lipinski definition) is 5. The number of ketones is 2. The number of nitrogens with zero attached hydrogens (tertiary/aromatic N) is 1. The number of aliphatic hydroxyl groups excluding tert-OH is 3. The predicted molar refractivity (Wildman–Crippen MR) is 267 cm³/mol. The highest BCUT2D eigenvalue weighted by atomic mass is 19.1. The van der Waals surface area contributed by atoms with E-state index in [2.05, 4.69) is 16.0 Å². The Bertz CT molecular complexity index is 2760. The van der Waals surface area contributed by atoms with E-state index >= 15 is 4.39 Å². The summed E-state index contributed by atoms with van der Waals surface area (Å²) in [6.07, 6.45) is 5.94. The largest absolute Gasteiger partial charge is 0.497 e. The van der Waals surface area contributed by atoms with E-state index in [1.807, 2.05) is 12.1 Å². The van der Waals surface area contributed by atoms with Gasteiger partial charge in [-0.1, -0.05) is 18.6 Å². The van der Waals surface area contributed by atoms with E-state index in [1.54, 1.807) is 46.3 Å². The fraction of sp³-hybridized carbons (Fsp3) is 0.571. The van der Waals surface area contributed by atoms with Gasteiger partial charge >= 0.3 is 11.9 Å². The average Bonchev–Trinajstić information content (AvgIpc) is 3.93. The molecule has 1 aromatic heterocycles. The van der Waals surface area contributed by atoms with Gasteiger partial charge in [0.2, 0.25) is 5.75 Å². The van der Waals surface area contributed by atoms with Crippen molar-refractivity contribution < 1.29 is 77.2 Å². The third-order valence-electron chi connectivity index (χ3n) is 18.4. The molecule has 14 atom stereocenters. The first-order valence-corrected chi connectivity index (χ1v) is 25.4. The summed E-state index contributed by atoms with van der Waals surface area (Å²) >= 11 is 0. The summed E-state index contributed by atoms with van der Waals surface area (Å²) in [7, 11) is 9.24. The van der Waals surface area contributed by atoms with E-state index in [1.165, 1.54) is 69.4 Å². The van der Waals surface area contributed by atoms with Crippen LogP contribution in [0.4, 0.5) is 4.39 Å². The number of alkyl halides is 1. The number of fused-ring (bicyclic) bond motifs is 11. The number of hydrogen-bond acceptors (Lipinski definition) is 16. The highest BCUT2D eigenvalue weighted by Gasteiger charge is 2.76. The number of methoxy groups -OCH3 is 6. The van der Waals surface area contributed by atoms with Crippen molar-refractivity contribution in [3.05, 3.63) is 77.0 Å². The summed E-state index contributed by atoms with van der Waals surface area (Å²) in [5.41, 5.74) is -1.86. The number of carbonyl (C=O) groups excluding carboxylic acids is 4. The molecule has 5 aliphatic carbocycles. The lowest BCUT2D eigenvalue weighted by molar-refractivity contribution is -0.222. The molecule has 0 bridgehead atoms. The quantitative estimate of drug-likeness (QED) is 0.123. The second-order valence-corrected chi connectivity index (χ2v) is 21.5. The number of aromatic nitrogens is 1. The second-order valence-electron chi connectivity index (χ2n) is 21.5. The molecule has 2 aromatic carbocycles. The number of rotatable bonds is 11. The summed E-state index contributed by atoms with van der Waals surface area (Å²) in [4.78, 5) is 57.0. The lowest BCUT2D eigenvalue weighted by Gasteiger charge is -2.62. The third kappa shape index (κ3) is 8.25. The maximum atomic E-state index is 16.8. The molecule has 17 nitrogen and oxygen atoms in total. The highest BCUT2D eigenvalue weighted by molar-refractivity contribution is 6.01. The van der Waals surface area contributed by atoms with Crippen LogP contribution in [0.5, 0.6) is 23.0 Å². The van der Waals surface area contributed by atoms with Gasteiger partial charge in [0.25, 0.3) is 0 Å². The Morgan fingerprint density at radius 1 is 0.919 bits per heavy atom. The van der Waals surface area contributed by atoms with E-state index in [4.69, 9.17) is 33.2 Å². The van der Waals surface area contributed by atoms with Gasteiger partial charge in [0.15, 0.2) is 34.3 Å². The molecule has 400 valence electrons. The van der Waals surface area contributed by atoms with Gasteiger partial charge in [-0.25, -0.2) is 9.18 Å². The number of aliphatic hydroxyl groups is 4. The number of esters is 2. The molecule has 10 rings (SSSR count). The van der Waals surface area contributed by atoms with Crippen LogP contribution in [0.1, 0.15) is 75.2 Å². The Morgan fingerprint density at radius 3 is 2.30 bits per heavy atom. The lowest BCUT2D eigenvalue weighted by atomic mass is 9.44. The van der Waals surface area contributed by atoms with Crippen molar-refractivity contribution in [2.75, 3.05) is 62.4 Å². The molecule has 4 saturated carbocycles. The standard InChI is InChI=1S/C35H42N2O9.C21H27FO6/c1-40-21-8-9-22-23-11-12-37-18-20-15-29(46-30(38)10-7-19-13-27(41-2)33(43-4)28(14-19)42-3)34(44-5)31(35(39)45-6)24(20)17-26(37)32(23)36-25(22)16-21;1-18-6-5-12(24)7-11(18)3-4-13-14-8-15(25)21(28,17(27)10-23)19(14,2)9-16(26)20(13,18)22/h7-10,13-14,16,20,24,26,29,31,34,36H,11-12,15,17-18H2,1-6H3;5-7,13-16,23,25-26,28H,3-4,8-10H2,1-2H3/b10-7+;/t20-,24+,26-,29-,31+,34+;13-,14-,15+,16-,18-,19-,20-,21-/m10/s1. The van der Waals surface area contributed by atoms with Crippen LogP contribution >= 0.6 is 0 Å². The van der Waals surface area contributed by atoms with Gasteiger partial charge in [-0.05, 0) is 123 Å². The van der Waals surface area contributed by atoms with Crippen LogP contribution in [0.2, 0.25) is 0 Å². The number of nitrogens with one attached hydrogen (secondary N) is 1. The van der Waals surface area contributed by atoms with Crippen LogP contribution in [-0.4, -0.2) is 152 Å². The zero-order valence-electron chi connectivity index (χ0n) is 43.2. The zero-order valence-corrected chi connectivity index (χ0v) is 43.2. The highest BCUT2D eigenvalue weighted by Crippen LogP contribution is 2.70. The van der Waals surface area contributed by atoms with E-state index in [-0.39, 0.29) is 42.5 Å². The second kappa shape index (κ2) is 20.1. The Morgan fingerprint density at radius 2 is 1.65 bits per heavy atom. The first kappa shape index (κ1) is 53.2. The molecule has 74 heavy (non-hydrogen) atoms. The van der Waals surface area contributed by atoms with Crippen molar-refractivity contribution in [3.8, 4) is 23.0 Å². The Kier molecular flexibility index (Phi) is 14.5. The first-order chi connectivity index (χ1) is 35.3. The summed E-state index contributed by atoms with van der Waals surface area (Å²) < 4.78 is 55.8. The summed E-state index contributed by atoms with van der Waals surface area (Å²) in [5, 5.41) is 43.3. The molecule has 5 N–H and O–H groups in total. The van der Waals surface area contributed by atoms with Crippen LogP contribution in [0.15, 0.2) is 60.2 Å². The van der Waals surface area contributed by atoms with Crippen molar-refractivity contribution in [2.45, 2.75) is 101 Å². The van der Waals surface area contributed by atoms with Gasteiger partial charge in [-0.15, -0.1) is 0 Å². The monoisotopic (exact) mass is 1030 g/mol. The smallest absolute Gasteiger partial charge is 0.331 e. The molecule has 18 heteroatoms. The number of aromatic amines is 1. The van der Waals surface area contributed by atoms with Crippen LogP contribution in [0.3, 0.4) is 0 Å². The van der Waals surface area contributed by atoms with Crippen LogP contribution in [0.25, 0.3) is 17.0 Å². The SMILES string of the molecule is COC(=O)[C@H]1[C@H]2C[C@@H]3c4[nH]c5cc(OC)ccc5c4CCN3C[C@H]2C[C@@H](OC(=O)/C=C/c2cc(OC)c(OC)c(OC)c2)[C@@H]1OC.C[C@]12C=CC(=O)C=C1CC[C@H]1[C@@H]3C[C@@H](O)[C@](O)(C(=O)CO)[C@@]3(C)C[C@H](O)[C@@]12F. The first-order valence-electron chi connectivity index (χ1n) is 25.4. The minimum absolute atomic E-state index is 0.00438. The average molecular weight is 1030 g/mol. The number of benzene rings is 2. The van der Waals surface area contributed by atoms with Crippen molar-refractivity contribution >= 4 is 40.5 Å². The molecule has 7 aliphatic rings. The van der Waals surface area contributed by atoms with Crippen LogP contribution in [-0.2, 0) is 39.8 Å². The number of allylic oxidation sites excluding steroid dienone is 4. The molecule has 0 amide bonds. The molecule has 2 aliphatic heterocycles. The van der Waals surface area contributed by atoms with Gasteiger partial charge in [-0.3, -0.25) is 19.3 Å². The normalized spacial score (nSPS) is 35.9. The molecular weight excluding hydrogens is 960 g/mol. The van der Waals surface area contributed by atoms with Crippen molar-refractivity contribution in [3.63, 3.8) is 0 Å². The Labute approximate surface area is 429 Å². The van der Waals surface area contributed by atoms with Gasteiger partial charge in [0.1, 0.15) is 24.6 Å². The number of H-pyrrole nitrogens is 1. The number of piperidine rings is 1. The lowest BCUT2D eigenvalue weighted by Crippen LogP contribution is -2.69. The van der Waals surface area contributed by atoms with Crippen LogP contribution in [0, 0.1) is 40.4 Å². The molecule has 0 radical (unpaired) electrons. The van der Waals surface area contributed by atoms with E-state index < -0.39 is 82.6 Å². The molecule has 0 spiro atoms. The zero-order chi connectivity index (χ0) is 53.2. The molecule has 1 saturated heterocycles. The van der Waals surface area contributed by atoms with E-state index in [9.17, 15) is 39.6 Å². The number of ether oxygens (including phenoxy) is 7. The molecule has 3 aromatic rings. The van der Waals surface area contributed by atoms with Gasteiger partial charge in [-0.2, -0.15) is 0 Å². The number of carbonyl (C=O) groups is 4. The minimum Gasteiger partial charge on any atom is -0.497 e. The van der Waals surface area contributed by atoms with Crippen molar-refractivity contribution in [1.29, 1.82) is 0 Å². The molecular formula is C56H69FN2O15. The number of Topliss-reactive ketones (excluding diaryl/α,β-unsaturated/α-hetero) is 1. The fourth-order valence-electron chi connectivity index (χ4n) is 14.8. The van der Waals surface area contributed by atoms with E-state index in [0.717, 1.165) is 37.2 Å². The molecule has 3 heterocycles. The fourth-order valence-corrected chi connectivity index (χ4v) is 14.8. The van der Waals surface area contributed by atoms with Crippen molar-refractivity contribution in [1.82, 2.24) is 9.88 Å². The van der Waals surface area contributed by atoms with E-state index in [0.29, 0.717) is 47.6 Å². The number of halogens is 1. The predicted octanol–water partition coefficient (Wildman–Crippen LogP) is 5.19. The van der Waals surface area contributed by atoms with Crippen molar-refractivity contribution in [2.24, 2.45) is 40.4 Å². The van der Waals surface area contributed by atoms with Crippen LogP contribution < -0.4 is 18.9 Å². The third-order valence-corrected chi connectivity index (χ3v) is 18.4. The summed E-state index contributed by atoms with van der Waals surface area (Å²) in [6, 6.07) is 9.78. The maximum Gasteiger partial charge on any atom is 0.331 e. The summed E-state index contributed by atoms with van der Waals surface area (Å²) in [6.45, 7) is 4.03. The Hall–Kier alpha value is -5.63. The topological polar surface area (TPSA) is 233 Å². The molecule has 5 fully saturated rings. The maximum absolute atomic E-state index is 16.8. The summed E-state index contributed by atoms with van der Waals surface area (Å²) in [5.74, 6) is -1.51.